The molecule has 0 heterocycles. The molecule has 2 aromatic rings. The molecule has 0 radical (unpaired) electrons. The molecule has 7 heteroatoms. The summed E-state index contributed by atoms with van der Waals surface area (Å²) < 4.78 is 35.5. The number of nitrogens with one attached hydrogen (secondary N) is 1. The zero-order valence-electron chi connectivity index (χ0n) is 15.7. The fraction of sp³-hybridized carbons (Fsp3) is 0.350. The van der Waals surface area contributed by atoms with Crippen LogP contribution in [-0.4, -0.2) is 27.5 Å². The highest BCUT2D eigenvalue weighted by atomic mass is 32.2. The molecule has 27 heavy (non-hydrogen) atoms. The first-order valence-corrected chi connectivity index (χ1v) is 10.2. The number of benzene rings is 2. The highest BCUT2D eigenvalue weighted by Crippen LogP contribution is 2.23. The van der Waals surface area contributed by atoms with Crippen molar-refractivity contribution in [2.45, 2.75) is 37.7 Å². The third-order valence-electron chi connectivity index (χ3n) is 4.18. The molecule has 1 N–H and O–H groups in total. The molecule has 0 fully saturated rings. The normalized spacial score (nSPS) is 13.6. The second-order valence-corrected chi connectivity index (χ2v) is 7.77. The summed E-state index contributed by atoms with van der Waals surface area (Å²) in [7, 11) is -2.37. The molecular formula is C20H25NO5S. The smallest absolute Gasteiger partial charge is 0.297 e. The van der Waals surface area contributed by atoms with Gasteiger partial charge in [0.05, 0.1) is 24.0 Å². The average molecular weight is 391 g/mol. The Kier molecular flexibility index (Phi) is 7.38. The number of anilines is 1. The lowest BCUT2D eigenvalue weighted by molar-refractivity contribution is -0.122. The van der Waals surface area contributed by atoms with Gasteiger partial charge in [0.25, 0.3) is 10.1 Å². The lowest BCUT2D eigenvalue weighted by atomic mass is 10.00. The minimum Gasteiger partial charge on any atom is -0.497 e. The second kappa shape index (κ2) is 9.53. The van der Waals surface area contributed by atoms with Crippen molar-refractivity contribution in [3.05, 3.63) is 54.6 Å². The lowest BCUT2D eigenvalue weighted by Gasteiger charge is -2.23. The van der Waals surface area contributed by atoms with Gasteiger partial charge in [-0.3, -0.25) is 8.98 Å². The fourth-order valence-electron chi connectivity index (χ4n) is 2.57. The molecule has 0 aliphatic carbocycles. The molecule has 1 amide bonds. The molecule has 0 bridgehead atoms. The minimum atomic E-state index is -3.94. The van der Waals surface area contributed by atoms with E-state index in [1.165, 1.54) is 12.1 Å². The van der Waals surface area contributed by atoms with Crippen LogP contribution in [0.5, 0.6) is 5.75 Å². The van der Waals surface area contributed by atoms with Crippen molar-refractivity contribution < 1.29 is 22.1 Å². The first kappa shape index (κ1) is 20.9. The monoisotopic (exact) mass is 391 g/mol. The third kappa shape index (κ3) is 5.80. The van der Waals surface area contributed by atoms with E-state index in [1.807, 2.05) is 6.92 Å². The van der Waals surface area contributed by atoms with Crippen LogP contribution < -0.4 is 10.1 Å². The largest absolute Gasteiger partial charge is 0.497 e. The maximum atomic E-state index is 12.6. The van der Waals surface area contributed by atoms with E-state index in [0.29, 0.717) is 24.3 Å². The minimum absolute atomic E-state index is 0.0777. The molecule has 2 rings (SSSR count). The number of amides is 1. The summed E-state index contributed by atoms with van der Waals surface area (Å²) in [6.07, 6.45) is 0.386. The number of methoxy groups -OCH3 is 1. The van der Waals surface area contributed by atoms with E-state index in [2.05, 4.69) is 5.32 Å². The molecular weight excluding hydrogens is 366 g/mol. The molecule has 0 saturated carbocycles. The second-order valence-electron chi connectivity index (χ2n) is 6.20. The van der Waals surface area contributed by atoms with Crippen LogP contribution in [0.15, 0.2) is 59.5 Å². The van der Waals surface area contributed by atoms with Crippen LogP contribution in [0.25, 0.3) is 0 Å². The summed E-state index contributed by atoms with van der Waals surface area (Å²) in [5.74, 6) is -0.269. The highest BCUT2D eigenvalue weighted by Gasteiger charge is 2.30. The van der Waals surface area contributed by atoms with Crippen LogP contribution >= 0.6 is 0 Å². The van der Waals surface area contributed by atoms with Gasteiger partial charge in [0, 0.05) is 5.69 Å². The molecule has 2 aromatic carbocycles. The molecule has 0 aliphatic heterocycles. The van der Waals surface area contributed by atoms with Crippen molar-refractivity contribution in [2.75, 3.05) is 12.4 Å². The van der Waals surface area contributed by atoms with E-state index >= 15 is 0 Å². The number of ether oxygens (including phenoxy) is 1. The van der Waals surface area contributed by atoms with Gasteiger partial charge in [0.1, 0.15) is 5.75 Å². The van der Waals surface area contributed by atoms with Crippen molar-refractivity contribution in [1.82, 2.24) is 0 Å². The van der Waals surface area contributed by atoms with E-state index < -0.39 is 22.1 Å². The number of hydrogen-bond donors (Lipinski definition) is 1. The summed E-state index contributed by atoms with van der Waals surface area (Å²) in [6.45, 7) is 3.58. The van der Waals surface area contributed by atoms with Crippen molar-refractivity contribution >= 4 is 21.7 Å². The van der Waals surface area contributed by atoms with E-state index in [4.69, 9.17) is 8.92 Å². The van der Waals surface area contributed by atoms with Gasteiger partial charge in [-0.2, -0.15) is 8.42 Å². The Morgan fingerprint density at radius 3 is 2.26 bits per heavy atom. The van der Waals surface area contributed by atoms with Gasteiger partial charge in [-0.1, -0.05) is 38.5 Å². The zero-order valence-corrected chi connectivity index (χ0v) is 16.5. The maximum Gasteiger partial charge on any atom is 0.297 e. The highest BCUT2D eigenvalue weighted by molar-refractivity contribution is 7.86. The number of carbonyl (C=O) groups is 1. The summed E-state index contributed by atoms with van der Waals surface area (Å²) in [5, 5.41) is 2.79. The third-order valence-corrected chi connectivity index (χ3v) is 5.53. The molecule has 2 atom stereocenters. The van der Waals surface area contributed by atoms with Crippen molar-refractivity contribution in [1.29, 1.82) is 0 Å². The summed E-state index contributed by atoms with van der Waals surface area (Å²) >= 11 is 0. The number of carbonyl (C=O) groups excluding carboxylic acids is 1. The quantitative estimate of drug-likeness (QED) is 0.657. The van der Waals surface area contributed by atoms with Crippen molar-refractivity contribution in [3.8, 4) is 5.75 Å². The van der Waals surface area contributed by atoms with Gasteiger partial charge in [0.2, 0.25) is 5.91 Å². The Morgan fingerprint density at radius 1 is 1.07 bits per heavy atom. The fourth-order valence-corrected chi connectivity index (χ4v) is 3.76. The first-order chi connectivity index (χ1) is 12.9. The van der Waals surface area contributed by atoms with Gasteiger partial charge >= 0.3 is 0 Å². The Labute approximate surface area is 160 Å². The van der Waals surface area contributed by atoms with E-state index in [9.17, 15) is 13.2 Å². The Hall–Kier alpha value is -2.38. The summed E-state index contributed by atoms with van der Waals surface area (Å²) in [4.78, 5) is 12.7. The molecule has 0 spiro atoms. The van der Waals surface area contributed by atoms with Crippen LogP contribution in [0.2, 0.25) is 0 Å². The van der Waals surface area contributed by atoms with E-state index in [-0.39, 0.29) is 10.8 Å². The average Bonchev–Trinajstić information content (AvgIpc) is 2.68. The van der Waals surface area contributed by atoms with Crippen LogP contribution in [0.1, 0.15) is 26.7 Å². The van der Waals surface area contributed by atoms with Crippen molar-refractivity contribution in [2.24, 2.45) is 5.92 Å². The van der Waals surface area contributed by atoms with Gasteiger partial charge < -0.3 is 10.1 Å². The van der Waals surface area contributed by atoms with Gasteiger partial charge in [-0.25, -0.2) is 0 Å². The first-order valence-electron chi connectivity index (χ1n) is 8.80. The lowest BCUT2D eigenvalue weighted by Crippen LogP contribution is -2.34. The predicted molar refractivity (Wildman–Crippen MR) is 104 cm³/mol. The Morgan fingerprint density at radius 2 is 1.70 bits per heavy atom. The van der Waals surface area contributed by atoms with Gasteiger partial charge in [-0.15, -0.1) is 0 Å². The van der Waals surface area contributed by atoms with E-state index in [1.54, 1.807) is 56.5 Å². The van der Waals surface area contributed by atoms with Gasteiger partial charge in [0.15, 0.2) is 0 Å². The Balaban J connectivity index is 2.10. The van der Waals surface area contributed by atoms with Gasteiger partial charge in [-0.05, 0) is 42.8 Å². The molecule has 0 unspecified atom stereocenters. The SMILES string of the molecule is CCC[C@@H](OS(=O)(=O)c1ccccc1)[C@@H](C)C(=O)Nc1ccc(OC)cc1. The van der Waals surface area contributed by atoms with E-state index in [0.717, 1.165) is 0 Å². The number of rotatable bonds is 9. The standard InChI is InChI=1S/C20H25NO5S/c1-4-8-19(26-27(23,24)18-9-6-5-7-10-18)15(2)20(22)21-16-11-13-17(25-3)14-12-16/h5-7,9-15,19H,4,8H2,1-3H3,(H,21,22)/t15-,19-/m1/s1. The molecule has 0 saturated heterocycles. The topological polar surface area (TPSA) is 81.7 Å². The predicted octanol–water partition coefficient (Wildman–Crippen LogP) is 3.84. The maximum absolute atomic E-state index is 12.6. The zero-order chi connectivity index (χ0) is 19.9. The summed E-state index contributed by atoms with van der Waals surface area (Å²) in [6, 6.07) is 14.9. The van der Waals surface area contributed by atoms with Crippen molar-refractivity contribution in [3.63, 3.8) is 0 Å². The molecule has 0 aliphatic rings. The van der Waals surface area contributed by atoms with Crippen LogP contribution in [0, 0.1) is 5.92 Å². The van der Waals surface area contributed by atoms with Crippen LogP contribution in [-0.2, 0) is 19.1 Å². The summed E-state index contributed by atoms with van der Waals surface area (Å²) in [5.41, 5.74) is 0.605. The molecule has 6 nitrogen and oxygen atoms in total. The van der Waals surface area contributed by atoms with Crippen LogP contribution in [0.3, 0.4) is 0 Å². The molecule has 0 aromatic heterocycles. The van der Waals surface area contributed by atoms with Crippen LogP contribution in [0.4, 0.5) is 5.69 Å². The number of hydrogen-bond acceptors (Lipinski definition) is 5. The Bertz CT molecular complexity index is 834. The molecule has 146 valence electrons.